The second-order valence-electron chi connectivity index (χ2n) is 12.4. The number of unbranched alkanes of at least 4 members (excludes halogenated alkanes) is 16. The number of aliphatic hydroxyl groups excluding tert-OH is 1. The fourth-order valence-electron chi connectivity index (χ4n) is 5.21. The van der Waals surface area contributed by atoms with Crippen LogP contribution in [0.25, 0.3) is 0 Å². The van der Waals surface area contributed by atoms with Gasteiger partial charge in [-0.25, -0.2) is 4.57 Å². The molecule has 0 aliphatic heterocycles. The van der Waals surface area contributed by atoms with Gasteiger partial charge < -0.3 is 21.1 Å². The van der Waals surface area contributed by atoms with Crippen molar-refractivity contribution in [2.45, 2.75) is 174 Å². The van der Waals surface area contributed by atoms with Crippen molar-refractivity contribution >= 4 is 13.7 Å². The number of aliphatic hydroxyl groups is 1. The second-order valence-corrected chi connectivity index (χ2v) is 13.9. The summed E-state index contributed by atoms with van der Waals surface area (Å²) in [4.78, 5) is 22.6. The first-order valence-electron chi connectivity index (χ1n) is 18.6. The Balaban J connectivity index is 4.32. The zero-order valence-electron chi connectivity index (χ0n) is 29.6. The normalized spacial score (nSPS) is 14.8. The summed E-state index contributed by atoms with van der Waals surface area (Å²) in [5.74, 6) is -0.193. The Bertz CT molecular complexity index is 820. The number of amides is 1. The second kappa shape index (κ2) is 33.6. The van der Waals surface area contributed by atoms with Gasteiger partial charge >= 0.3 is 7.82 Å². The number of hydrogen-bond acceptors (Lipinski definition) is 6. The summed E-state index contributed by atoms with van der Waals surface area (Å²) < 4.78 is 22.1. The van der Waals surface area contributed by atoms with Crippen LogP contribution in [0.15, 0.2) is 36.5 Å². The number of rotatable bonds is 34. The van der Waals surface area contributed by atoms with E-state index < -0.39 is 20.0 Å². The average molecular weight is 671 g/mol. The standard InChI is InChI=1S/C37H71N2O6P/c1-3-5-7-9-11-13-15-17-19-20-22-24-26-28-30-36(40)35(34-45-46(42,43)44-33-32-38)39-37(41)31-29-27-25-23-21-18-16-14-12-10-8-6-4-2/h6,8,12,14,18,21,35-36,40H,3-5,7,9-11,13,15-17,19-20,22-34,38H2,1-2H3,(H,39,41)(H,42,43)/b8-6-,14-12-,21-18-. The molecule has 0 aromatic carbocycles. The zero-order chi connectivity index (χ0) is 34.0. The largest absolute Gasteiger partial charge is 0.472 e. The third-order valence-corrected chi connectivity index (χ3v) is 8.99. The molecule has 0 fully saturated rings. The van der Waals surface area contributed by atoms with Crippen LogP contribution in [-0.2, 0) is 18.4 Å². The van der Waals surface area contributed by atoms with Crippen LogP contribution in [0.2, 0.25) is 0 Å². The van der Waals surface area contributed by atoms with Gasteiger partial charge in [-0.2, -0.15) is 0 Å². The SMILES string of the molecule is CC/C=C\C/C=C\C/C=C\CCCCCC(=O)NC(COP(=O)(O)OCCN)C(O)CCCCCCCCCCCCCCCC. The minimum absolute atomic E-state index is 0.0829. The van der Waals surface area contributed by atoms with Gasteiger partial charge in [-0.05, 0) is 44.9 Å². The molecule has 0 aliphatic carbocycles. The first-order chi connectivity index (χ1) is 22.4. The minimum atomic E-state index is -4.31. The van der Waals surface area contributed by atoms with Crippen molar-refractivity contribution in [3.8, 4) is 0 Å². The van der Waals surface area contributed by atoms with Crippen LogP contribution in [0, 0.1) is 0 Å². The van der Waals surface area contributed by atoms with Gasteiger partial charge in [0.1, 0.15) is 0 Å². The van der Waals surface area contributed by atoms with Crippen LogP contribution < -0.4 is 11.1 Å². The number of nitrogens with one attached hydrogen (secondary N) is 1. The van der Waals surface area contributed by atoms with E-state index >= 15 is 0 Å². The van der Waals surface area contributed by atoms with Gasteiger partial charge in [0, 0.05) is 13.0 Å². The number of hydrogen-bond donors (Lipinski definition) is 4. The quantitative estimate of drug-likeness (QED) is 0.0305. The third kappa shape index (κ3) is 31.3. The van der Waals surface area contributed by atoms with Gasteiger partial charge in [-0.1, -0.05) is 147 Å². The Hall–Kier alpha value is -1.28. The van der Waals surface area contributed by atoms with Crippen LogP contribution in [0.3, 0.4) is 0 Å². The highest BCUT2D eigenvalue weighted by Crippen LogP contribution is 2.43. The first kappa shape index (κ1) is 44.7. The lowest BCUT2D eigenvalue weighted by molar-refractivity contribution is -0.123. The van der Waals surface area contributed by atoms with E-state index in [1.54, 1.807) is 0 Å². The van der Waals surface area contributed by atoms with Gasteiger partial charge in [0.2, 0.25) is 5.91 Å². The highest BCUT2D eigenvalue weighted by Gasteiger charge is 2.27. The van der Waals surface area contributed by atoms with Crippen LogP contribution >= 0.6 is 7.82 Å². The van der Waals surface area contributed by atoms with Gasteiger partial charge in [0.05, 0.1) is 25.4 Å². The molecule has 0 radical (unpaired) electrons. The van der Waals surface area contributed by atoms with Crippen molar-refractivity contribution in [2.24, 2.45) is 5.73 Å². The Morgan fingerprint density at radius 1 is 0.739 bits per heavy atom. The summed E-state index contributed by atoms with van der Waals surface area (Å²) >= 11 is 0. The lowest BCUT2D eigenvalue weighted by Crippen LogP contribution is -2.46. The monoisotopic (exact) mass is 671 g/mol. The predicted molar refractivity (Wildman–Crippen MR) is 194 cm³/mol. The molecular formula is C37H71N2O6P. The molecule has 0 heterocycles. The molecular weight excluding hydrogens is 599 g/mol. The smallest absolute Gasteiger partial charge is 0.391 e. The Labute approximate surface area is 282 Å². The average Bonchev–Trinajstić information content (AvgIpc) is 3.04. The van der Waals surface area contributed by atoms with Crippen molar-refractivity contribution in [3.05, 3.63) is 36.5 Å². The highest BCUT2D eigenvalue weighted by atomic mass is 31.2. The van der Waals surface area contributed by atoms with E-state index in [1.807, 2.05) is 0 Å². The number of phosphoric acid groups is 1. The van der Waals surface area contributed by atoms with E-state index in [4.69, 9.17) is 14.8 Å². The fraction of sp³-hybridized carbons (Fsp3) is 0.811. The number of phosphoric ester groups is 1. The summed E-state index contributed by atoms with van der Waals surface area (Å²) in [6.45, 7) is 4.05. The zero-order valence-corrected chi connectivity index (χ0v) is 30.4. The number of nitrogens with two attached hydrogens (primary N) is 1. The van der Waals surface area contributed by atoms with E-state index in [-0.39, 0.29) is 25.7 Å². The first-order valence-corrected chi connectivity index (χ1v) is 20.1. The van der Waals surface area contributed by atoms with Gasteiger partial charge in [-0.3, -0.25) is 13.8 Å². The minimum Gasteiger partial charge on any atom is -0.391 e. The van der Waals surface area contributed by atoms with E-state index in [9.17, 15) is 19.4 Å². The molecule has 0 saturated carbocycles. The molecule has 3 unspecified atom stereocenters. The van der Waals surface area contributed by atoms with Gasteiger partial charge in [0.15, 0.2) is 0 Å². The molecule has 0 spiro atoms. The van der Waals surface area contributed by atoms with Crippen molar-refractivity contribution in [1.82, 2.24) is 5.32 Å². The molecule has 8 nitrogen and oxygen atoms in total. The van der Waals surface area contributed by atoms with Crippen LogP contribution in [0.4, 0.5) is 0 Å². The van der Waals surface area contributed by atoms with Gasteiger partial charge in [0.25, 0.3) is 0 Å². The molecule has 5 N–H and O–H groups in total. The lowest BCUT2D eigenvalue weighted by Gasteiger charge is -2.25. The molecule has 0 bridgehead atoms. The Morgan fingerprint density at radius 2 is 1.26 bits per heavy atom. The molecule has 270 valence electrons. The molecule has 0 saturated heterocycles. The van der Waals surface area contributed by atoms with Crippen LogP contribution in [0.1, 0.15) is 162 Å². The van der Waals surface area contributed by atoms with E-state index in [0.717, 1.165) is 64.2 Å². The molecule has 0 aliphatic rings. The Kier molecular flexibility index (Phi) is 32.7. The van der Waals surface area contributed by atoms with E-state index in [0.29, 0.717) is 12.8 Å². The summed E-state index contributed by atoms with van der Waals surface area (Å²) in [6, 6.07) is -0.787. The lowest BCUT2D eigenvalue weighted by atomic mass is 10.0. The van der Waals surface area contributed by atoms with Crippen molar-refractivity contribution in [3.63, 3.8) is 0 Å². The molecule has 3 atom stereocenters. The Morgan fingerprint density at radius 3 is 1.83 bits per heavy atom. The van der Waals surface area contributed by atoms with E-state index in [1.165, 1.54) is 70.6 Å². The number of allylic oxidation sites excluding steroid dienone is 6. The summed E-state index contributed by atoms with van der Waals surface area (Å²) in [5, 5.41) is 13.7. The number of carbonyl (C=O) groups is 1. The summed E-state index contributed by atoms with van der Waals surface area (Å²) in [5.41, 5.74) is 5.35. The molecule has 1 amide bonds. The topological polar surface area (TPSA) is 131 Å². The number of carbonyl (C=O) groups excluding carboxylic acids is 1. The van der Waals surface area contributed by atoms with Gasteiger partial charge in [-0.15, -0.1) is 0 Å². The van der Waals surface area contributed by atoms with Crippen molar-refractivity contribution < 1.29 is 28.4 Å². The van der Waals surface area contributed by atoms with Crippen LogP contribution in [0.5, 0.6) is 0 Å². The summed E-state index contributed by atoms with van der Waals surface area (Å²) in [6.07, 6.45) is 37.2. The van der Waals surface area contributed by atoms with Crippen molar-refractivity contribution in [1.29, 1.82) is 0 Å². The highest BCUT2D eigenvalue weighted by molar-refractivity contribution is 7.47. The molecule has 0 aromatic rings. The molecule has 46 heavy (non-hydrogen) atoms. The maximum atomic E-state index is 12.7. The molecule has 0 rings (SSSR count). The van der Waals surface area contributed by atoms with Crippen LogP contribution in [-0.4, -0.2) is 47.8 Å². The maximum Gasteiger partial charge on any atom is 0.472 e. The molecule has 0 aromatic heterocycles. The maximum absolute atomic E-state index is 12.7. The third-order valence-electron chi connectivity index (χ3n) is 8.01. The van der Waals surface area contributed by atoms with E-state index in [2.05, 4.69) is 55.6 Å². The summed E-state index contributed by atoms with van der Waals surface area (Å²) in [7, 11) is -4.31. The van der Waals surface area contributed by atoms with Crippen molar-refractivity contribution in [2.75, 3.05) is 19.8 Å². The molecule has 9 heteroatoms. The predicted octanol–water partition coefficient (Wildman–Crippen LogP) is 9.61. The fourth-order valence-corrected chi connectivity index (χ4v) is 5.97.